The fourth-order valence-electron chi connectivity index (χ4n) is 17.2. The van der Waals surface area contributed by atoms with E-state index in [2.05, 4.69) is 0 Å². The Hall–Kier alpha value is -17.5. The van der Waals surface area contributed by atoms with Gasteiger partial charge < -0.3 is 13.3 Å². The quantitative estimate of drug-likeness (QED) is 0.149. The van der Waals surface area contributed by atoms with Crippen molar-refractivity contribution >= 4 is 206 Å². The van der Waals surface area contributed by atoms with Gasteiger partial charge in [0.15, 0.2) is 0 Å². The summed E-state index contributed by atoms with van der Waals surface area (Å²) >= 11 is 0. The lowest BCUT2D eigenvalue weighted by Crippen LogP contribution is -1.92. The summed E-state index contributed by atoms with van der Waals surface area (Å²) in [5.74, 6) is 0. The molecule has 0 radical (unpaired) electrons. The van der Waals surface area contributed by atoms with Crippen molar-refractivity contribution in [1.29, 1.82) is 0 Å². The van der Waals surface area contributed by atoms with E-state index in [1.165, 1.54) is 0 Å². The van der Waals surface area contributed by atoms with Gasteiger partial charge in [-0.25, -0.2) is 0 Å². The maximum Gasteiger partial charge on any atom is 0.136 e. The van der Waals surface area contributed by atoms with E-state index in [1.54, 1.807) is 0 Å². The van der Waals surface area contributed by atoms with Gasteiger partial charge >= 0.3 is 0 Å². The minimum absolute atomic E-state index is 0.340. The van der Waals surface area contributed by atoms with Crippen LogP contribution >= 0.6 is 0 Å². The summed E-state index contributed by atoms with van der Waals surface area (Å²) in [6.45, 7) is 0. The van der Waals surface area contributed by atoms with E-state index in [0.29, 0.717) is 0 Å². The second kappa shape index (κ2) is 30.6. The molecular weight excluding hydrogens is 1610 g/mol. The molecule has 0 saturated heterocycles. The number of fused-ring (bicyclic) bond motifs is 28. The second-order valence-electron chi connectivity index (χ2n) is 29.3. The lowest BCUT2D eigenvalue weighted by Gasteiger charge is -2.20. The largest absolute Gasteiger partial charge is 0.456 e. The second-order valence-corrected chi connectivity index (χ2v) is 29.3. The maximum atomic E-state index is 10.0. The molecule has 29 rings (SSSR count). The Bertz CT molecular complexity index is 14800. The van der Waals surface area contributed by atoms with E-state index in [4.69, 9.17) is 84.5 Å². The van der Waals surface area contributed by atoms with Gasteiger partial charge in [0, 0.05) is 32.3 Å². The zero-order chi connectivity index (χ0) is 155. The molecule has 0 aliphatic heterocycles. The molecule has 0 atom stereocenters. The molecular formula is C130H78O3. The number of hydrogen-bond donors (Lipinski definition) is 0. The highest BCUT2D eigenvalue weighted by Crippen LogP contribution is 2.54. The van der Waals surface area contributed by atoms with E-state index in [1.807, 2.05) is 0 Å². The third kappa shape index (κ3) is 11.9. The molecule has 0 amide bonds. The summed E-state index contributed by atoms with van der Waals surface area (Å²) < 4.78 is 719. The lowest BCUT2D eigenvalue weighted by atomic mass is 9.83. The molecule has 3 aromatic heterocycles. The highest BCUT2D eigenvalue weighted by molar-refractivity contribution is 6.35. The van der Waals surface area contributed by atoms with Gasteiger partial charge in [-0.15, -0.1) is 0 Å². The zero-order valence-electron chi connectivity index (χ0n) is 144. The Balaban J connectivity index is 0.000000143. The van der Waals surface area contributed by atoms with Crippen LogP contribution in [0.4, 0.5) is 0 Å². The summed E-state index contributed by atoms with van der Waals surface area (Å²) in [5.41, 5.74) is -13.7. The van der Waals surface area contributed by atoms with E-state index in [9.17, 15) is 35.6 Å². The molecule has 3 heteroatoms. The Labute approximate surface area is 874 Å². The van der Waals surface area contributed by atoms with Crippen LogP contribution in [-0.2, 0) is 0 Å². The van der Waals surface area contributed by atoms with Crippen LogP contribution in [0.25, 0.3) is 284 Å². The maximum absolute atomic E-state index is 10.0. The monoisotopic (exact) mass is 1770 g/mol. The third-order valence-electron chi connectivity index (χ3n) is 22.5. The molecule has 133 heavy (non-hydrogen) atoms. The SMILES string of the molecule is [2H]c1c([2H])c([2H])c(-c2c3c([2H])c([2H])c([2H])c([2H])c3c(-c3c([2H])c([2H])c(-c4c([2H])c5oc6c([2H])c([2H])c7c([2H])c([2H])c([2H])c([2H])c7c6c5c5c([2H])c([2H])c([2H])c([2H])c45)c([2H])c3[2H])c3c([2H])c([2H])c([2H])c([2H])c23)c([2H])c1[2H].[2H]c1c([2H])c([2H])c(-c2c3c([2H])c([2H])c([2H])c([2H])c3c(-c3c([2H])c4oc5c([2H])c([2H])c6c([2H])c([2H])c([2H])c([2H])c6c5c4c4c([2H])c([2H])c([2H])c([2H])c34)c3c([2H])c([2H])c([2H])c([2H])c23)c([2H])c1[2H].[2H]c1c([2H])c([2H])c2c(-c3c4c([2H])c([2H])c([2H])c([2H])c4c(-c4c([2H])c5oc6c([2H])c([2H])c7c([2H])c([2H])c([2H])c([2H])c7c6c5c5c([2H])c([2H])c([2H])c([2H])c45)c4c([2H])c([2H])c([2H])c([2H])c34)c([2H])c([2H])c([2H])c2c1[2H]. The smallest absolute Gasteiger partial charge is 0.136 e. The van der Waals surface area contributed by atoms with Crippen molar-refractivity contribution in [3.8, 4) is 77.9 Å². The molecule has 3 nitrogen and oxygen atoms in total. The summed E-state index contributed by atoms with van der Waals surface area (Å²) in [6, 6.07) is -69.8. The van der Waals surface area contributed by atoms with Crippen LogP contribution in [0, 0.1) is 0 Å². The fraction of sp³-hybridized carbons (Fsp3) is 0. The van der Waals surface area contributed by atoms with E-state index < -0.39 is 734 Å². The number of rotatable bonds is 7. The van der Waals surface area contributed by atoms with Crippen molar-refractivity contribution in [3.63, 3.8) is 0 Å². The van der Waals surface area contributed by atoms with Gasteiger partial charge in [0.25, 0.3) is 0 Å². The van der Waals surface area contributed by atoms with Crippen LogP contribution in [0.1, 0.15) is 107 Å². The van der Waals surface area contributed by atoms with Crippen LogP contribution < -0.4 is 0 Å². The highest BCUT2D eigenvalue weighted by atomic mass is 16.3. The molecule has 26 aromatic carbocycles. The minimum Gasteiger partial charge on any atom is -0.456 e. The van der Waals surface area contributed by atoms with Crippen LogP contribution in [0.3, 0.4) is 0 Å². The summed E-state index contributed by atoms with van der Waals surface area (Å²) in [6.07, 6.45) is 0. The first kappa shape index (κ1) is 31.4. The Kier molecular flexibility index (Phi) is 7.23. The van der Waals surface area contributed by atoms with Crippen LogP contribution in [0.15, 0.2) is 485 Å². The van der Waals surface area contributed by atoms with Gasteiger partial charge in [-0.2, -0.15) is 0 Å². The Morgan fingerprint density at radius 2 is 0.331 bits per heavy atom. The van der Waals surface area contributed by atoms with Gasteiger partial charge in [0.05, 0.1) is 107 Å². The van der Waals surface area contributed by atoms with Crippen LogP contribution in [-0.4, -0.2) is 0 Å². The van der Waals surface area contributed by atoms with Crippen LogP contribution in [0.2, 0.25) is 0 Å². The number of furan rings is 3. The van der Waals surface area contributed by atoms with Crippen molar-refractivity contribution in [2.45, 2.75) is 0 Å². The highest BCUT2D eigenvalue weighted by Gasteiger charge is 2.27. The average Bonchev–Trinajstić information content (AvgIpc) is 1.66. The lowest BCUT2D eigenvalue weighted by molar-refractivity contribution is 0.669. The normalized spacial score (nSPS) is 20.1. The summed E-state index contributed by atoms with van der Waals surface area (Å²) in [7, 11) is 0. The first-order valence-electron chi connectivity index (χ1n) is 78.5. The predicted molar refractivity (Wildman–Crippen MR) is 567 cm³/mol. The van der Waals surface area contributed by atoms with Gasteiger partial charge in [0.2, 0.25) is 0 Å². The minimum atomic E-state index is -1.11. The third-order valence-corrected chi connectivity index (χ3v) is 22.5. The average molecular weight is 1770 g/mol. The molecule has 0 fully saturated rings. The first-order chi connectivity index (χ1) is 98.5. The number of hydrogen-bond acceptors (Lipinski definition) is 3. The summed E-state index contributed by atoms with van der Waals surface area (Å²) in [4.78, 5) is 0. The molecule has 0 spiro atoms. The van der Waals surface area contributed by atoms with Crippen molar-refractivity contribution < 1.29 is 120 Å². The Morgan fingerprint density at radius 1 is 0.120 bits per heavy atom. The molecule has 0 unspecified atom stereocenters. The van der Waals surface area contributed by atoms with Gasteiger partial charge in [-0.1, -0.05) is 435 Å². The van der Waals surface area contributed by atoms with Crippen molar-refractivity contribution in [1.82, 2.24) is 0 Å². The van der Waals surface area contributed by atoms with Gasteiger partial charge in [-0.05, 0) is 254 Å². The zero-order valence-corrected chi connectivity index (χ0v) is 66.2. The Morgan fingerprint density at radius 3 is 0.654 bits per heavy atom. The molecule has 0 aliphatic carbocycles. The van der Waals surface area contributed by atoms with E-state index in [-0.39, 0.29) is 21.5 Å². The van der Waals surface area contributed by atoms with Crippen molar-refractivity contribution in [2.24, 2.45) is 0 Å². The molecule has 0 bridgehead atoms. The van der Waals surface area contributed by atoms with E-state index >= 15 is 0 Å². The first-order valence-corrected chi connectivity index (χ1v) is 39.5. The predicted octanol–water partition coefficient (Wildman–Crippen LogP) is 37.4. The van der Waals surface area contributed by atoms with Crippen LogP contribution in [0.5, 0.6) is 0 Å². The molecule has 616 valence electrons. The standard InChI is InChI=1S/C46H28O.C44H26O.C40H24O/c1-2-13-31(14-3-1)43-36-18-8-10-20-38(36)44(39-21-11-9-19-37(39)43)32-24-22-30(23-25-32)40-28-42-46(35-17-7-6-16-34(35)40)45-33-15-5-4-12-29(33)26-27-41(45)47-42;1-3-15-29-27(12-1)14-11-23-32(29)41-34-19-7-9-21-36(34)42(37-22-10-8-20-35(37)41)38-26-40-44(33-18-6-5-17-31(33)38)43-30-16-4-2-13-28(30)24-25-39(43)45-40;1-2-13-26(14-3-1)37-30-18-8-10-20-32(30)38(33-21-11-9-19-31(33)37)34-24-36-40(29-17-7-6-16-28(29)34)39-27-15-5-4-12-25(27)22-23-35(39)41-36/h1-28H;1-26H;1-24H/i1D,2D,3D,4D,5D,6D,7D,8D,9D,10D,11D,12D,13D,14D,15D,16D,17D,18D,19D,20D,21D,22D,23D,24D,25D,26D,27D,28D;1D,2D,3D,4D,5D,6D,7D,8D,9D,10D,11D,12D,13D,14D,15D,16D,17D,18D,19D,20D,21D,22D,23D,24D,25D,26D;1D,2D,3D,4D,5D,6D,7D,8D,9D,10D,11D,12D,13D,14D,15D,16D,17D,18D,19D,20D,21D,22D,23D,24D. The van der Waals surface area contributed by atoms with Crippen molar-refractivity contribution in [2.75, 3.05) is 0 Å². The molecule has 0 aliphatic rings. The molecule has 0 saturated carbocycles. The number of benzene rings is 26. The van der Waals surface area contributed by atoms with Gasteiger partial charge in [-0.3, -0.25) is 0 Å². The van der Waals surface area contributed by atoms with E-state index in [0.717, 1.165) is 0 Å². The molecule has 0 N–H and O–H groups in total. The van der Waals surface area contributed by atoms with Crippen molar-refractivity contribution in [3.05, 3.63) is 471 Å². The summed E-state index contributed by atoms with van der Waals surface area (Å²) in [5, 5.41) is -17.9. The van der Waals surface area contributed by atoms with Gasteiger partial charge in [0.1, 0.15) is 33.5 Å². The topological polar surface area (TPSA) is 39.4 Å². The molecule has 29 aromatic rings. The fourth-order valence-corrected chi connectivity index (χ4v) is 17.2. The molecule has 3 heterocycles.